The number of aryl methyl sites for hydroxylation is 1. The van der Waals surface area contributed by atoms with E-state index in [-0.39, 0.29) is 0 Å². The quantitative estimate of drug-likeness (QED) is 0.778. The van der Waals surface area contributed by atoms with Gasteiger partial charge in [0.05, 0.1) is 17.1 Å². The van der Waals surface area contributed by atoms with Crippen LogP contribution in [0.15, 0.2) is 11.4 Å². The molecule has 0 N–H and O–H groups in total. The van der Waals surface area contributed by atoms with Crippen molar-refractivity contribution in [3.8, 4) is 0 Å². The lowest BCUT2D eigenvalue weighted by molar-refractivity contribution is 0.940. The molecule has 6 heteroatoms. The minimum Gasteiger partial charge on any atom is -0.246 e. The Labute approximate surface area is 101 Å². The molecule has 0 bridgehead atoms. The molecule has 2 heterocycles. The van der Waals surface area contributed by atoms with Gasteiger partial charge in [0.15, 0.2) is 0 Å². The molecule has 78 valence electrons. The van der Waals surface area contributed by atoms with Crippen molar-refractivity contribution >= 4 is 34.5 Å². The van der Waals surface area contributed by atoms with E-state index in [9.17, 15) is 0 Å². The molecule has 3 nitrogen and oxygen atoms in total. The molecule has 0 aliphatic carbocycles. The van der Waals surface area contributed by atoms with Crippen LogP contribution >= 0.6 is 34.5 Å². The Morgan fingerprint density at radius 1 is 1.20 bits per heavy atom. The highest BCUT2D eigenvalue weighted by Gasteiger charge is 2.05. The topological polar surface area (TPSA) is 38.7 Å². The van der Waals surface area contributed by atoms with Crippen LogP contribution in [-0.2, 0) is 6.42 Å². The van der Waals surface area contributed by atoms with Crippen LogP contribution < -0.4 is 0 Å². The molecule has 2 aromatic rings. The molecular weight excluding hydrogens is 253 g/mol. The van der Waals surface area contributed by atoms with E-state index in [1.165, 1.54) is 6.07 Å². The van der Waals surface area contributed by atoms with Crippen LogP contribution in [0, 0.1) is 6.92 Å². The van der Waals surface area contributed by atoms with Gasteiger partial charge in [0.25, 0.3) is 0 Å². The predicted octanol–water partition coefficient (Wildman–Crippen LogP) is 3.14. The van der Waals surface area contributed by atoms with Crippen LogP contribution in [0.5, 0.6) is 0 Å². The first-order chi connectivity index (χ1) is 7.13. The van der Waals surface area contributed by atoms with Gasteiger partial charge >= 0.3 is 0 Å². The number of thiazole rings is 1. The van der Waals surface area contributed by atoms with Gasteiger partial charge in [0, 0.05) is 11.4 Å². The minimum atomic E-state index is 0.358. The molecule has 2 aromatic heterocycles. The van der Waals surface area contributed by atoms with Crippen molar-refractivity contribution in [2.24, 2.45) is 0 Å². The maximum absolute atomic E-state index is 5.77. The van der Waals surface area contributed by atoms with Crippen molar-refractivity contribution in [2.45, 2.75) is 13.3 Å². The minimum absolute atomic E-state index is 0.358. The molecule has 15 heavy (non-hydrogen) atoms. The molecule has 0 amide bonds. The Bertz CT molecular complexity index is 464. The van der Waals surface area contributed by atoms with Crippen molar-refractivity contribution in [3.05, 3.63) is 38.3 Å². The third kappa shape index (κ3) is 2.87. The van der Waals surface area contributed by atoms with E-state index in [4.69, 9.17) is 23.2 Å². The highest BCUT2D eigenvalue weighted by atomic mass is 35.5. The Balaban J connectivity index is 2.24. The monoisotopic (exact) mass is 259 g/mol. The van der Waals surface area contributed by atoms with E-state index >= 15 is 0 Å². The first-order valence-corrected chi connectivity index (χ1v) is 5.87. The van der Waals surface area contributed by atoms with Crippen LogP contribution in [0.4, 0.5) is 0 Å². The summed E-state index contributed by atoms with van der Waals surface area (Å²) in [6.45, 7) is 1.96. The lowest BCUT2D eigenvalue weighted by atomic mass is 10.3. The summed E-state index contributed by atoms with van der Waals surface area (Å²) in [6, 6.07) is 1.51. The standard InChI is InChI=1S/C9H7Cl2N3S/c1-5-12-6(4-15-5)2-9-13-7(10)3-8(11)14-9/h3-4H,2H2,1H3. The SMILES string of the molecule is Cc1nc(Cc2nc(Cl)cc(Cl)n2)cs1. The zero-order chi connectivity index (χ0) is 10.8. The molecular formula is C9H7Cl2N3S. The number of nitrogens with zero attached hydrogens (tertiary/aromatic N) is 3. The first-order valence-electron chi connectivity index (χ1n) is 4.23. The number of aromatic nitrogens is 3. The van der Waals surface area contributed by atoms with Crippen LogP contribution in [-0.4, -0.2) is 15.0 Å². The van der Waals surface area contributed by atoms with Crippen molar-refractivity contribution in [2.75, 3.05) is 0 Å². The molecule has 0 radical (unpaired) electrons. The van der Waals surface area contributed by atoms with Crippen molar-refractivity contribution in [3.63, 3.8) is 0 Å². The van der Waals surface area contributed by atoms with Crippen LogP contribution in [0.1, 0.15) is 16.5 Å². The van der Waals surface area contributed by atoms with Gasteiger partial charge in [-0.2, -0.15) is 0 Å². The maximum atomic E-state index is 5.77. The smallest absolute Gasteiger partial charge is 0.137 e. The van der Waals surface area contributed by atoms with Gasteiger partial charge in [-0.1, -0.05) is 23.2 Å². The number of rotatable bonds is 2. The second-order valence-corrected chi connectivity index (χ2v) is 4.80. The van der Waals surface area contributed by atoms with Crippen LogP contribution in [0.3, 0.4) is 0 Å². The first kappa shape index (κ1) is 10.8. The fraction of sp³-hybridized carbons (Fsp3) is 0.222. The van der Waals surface area contributed by atoms with Gasteiger partial charge in [0.2, 0.25) is 0 Å². The third-order valence-electron chi connectivity index (χ3n) is 1.72. The summed E-state index contributed by atoms with van der Waals surface area (Å²) < 4.78 is 0. The summed E-state index contributed by atoms with van der Waals surface area (Å²) in [6.07, 6.45) is 0.560. The van der Waals surface area contributed by atoms with Crippen LogP contribution in [0.25, 0.3) is 0 Å². The average Bonchev–Trinajstić information content (AvgIpc) is 2.49. The summed E-state index contributed by atoms with van der Waals surface area (Å²) in [5, 5.41) is 3.72. The normalized spacial score (nSPS) is 10.6. The summed E-state index contributed by atoms with van der Waals surface area (Å²) >= 11 is 13.1. The maximum Gasteiger partial charge on any atom is 0.137 e. The van der Waals surface area contributed by atoms with E-state index in [1.807, 2.05) is 12.3 Å². The van der Waals surface area contributed by atoms with Crippen molar-refractivity contribution in [1.29, 1.82) is 0 Å². The van der Waals surface area contributed by atoms with Gasteiger partial charge in [0.1, 0.15) is 16.1 Å². The van der Waals surface area contributed by atoms with E-state index in [2.05, 4.69) is 15.0 Å². The van der Waals surface area contributed by atoms with Gasteiger partial charge in [-0.25, -0.2) is 15.0 Å². The predicted molar refractivity (Wildman–Crippen MR) is 61.7 cm³/mol. The Morgan fingerprint density at radius 2 is 1.87 bits per heavy atom. The molecule has 0 fully saturated rings. The van der Waals surface area contributed by atoms with Crippen molar-refractivity contribution in [1.82, 2.24) is 15.0 Å². The average molecular weight is 260 g/mol. The molecule has 0 saturated heterocycles. The van der Waals surface area contributed by atoms with Crippen molar-refractivity contribution < 1.29 is 0 Å². The highest BCUT2D eigenvalue weighted by molar-refractivity contribution is 7.09. The third-order valence-corrected chi connectivity index (χ3v) is 2.93. The van der Waals surface area contributed by atoms with Gasteiger partial charge in [-0.15, -0.1) is 11.3 Å². The van der Waals surface area contributed by atoms with E-state index < -0.39 is 0 Å². The largest absolute Gasteiger partial charge is 0.246 e. The van der Waals surface area contributed by atoms with E-state index in [0.29, 0.717) is 22.6 Å². The van der Waals surface area contributed by atoms with Crippen LogP contribution in [0.2, 0.25) is 10.3 Å². The van der Waals surface area contributed by atoms with E-state index in [1.54, 1.807) is 11.3 Å². The number of halogens is 2. The summed E-state index contributed by atoms with van der Waals surface area (Å²) in [4.78, 5) is 12.5. The fourth-order valence-electron chi connectivity index (χ4n) is 1.16. The second kappa shape index (κ2) is 4.43. The molecule has 0 saturated carbocycles. The molecule has 0 aliphatic rings. The number of hydrogen-bond donors (Lipinski definition) is 0. The summed E-state index contributed by atoms with van der Waals surface area (Å²) in [5.74, 6) is 0.595. The molecule has 0 atom stereocenters. The van der Waals surface area contributed by atoms with Gasteiger partial charge < -0.3 is 0 Å². The highest BCUT2D eigenvalue weighted by Crippen LogP contribution is 2.15. The number of hydrogen-bond acceptors (Lipinski definition) is 4. The fourth-order valence-corrected chi connectivity index (χ4v) is 2.24. The molecule has 0 spiro atoms. The molecule has 2 rings (SSSR count). The van der Waals surface area contributed by atoms with E-state index in [0.717, 1.165) is 10.7 Å². The Hall–Kier alpha value is -0.710. The second-order valence-electron chi connectivity index (χ2n) is 2.96. The molecule has 0 unspecified atom stereocenters. The van der Waals surface area contributed by atoms with Gasteiger partial charge in [-0.05, 0) is 6.92 Å². The Morgan fingerprint density at radius 3 is 2.40 bits per heavy atom. The summed E-state index contributed by atoms with van der Waals surface area (Å²) in [7, 11) is 0. The summed E-state index contributed by atoms with van der Waals surface area (Å²) in [5.41, 5.74) is 0.941. The zero-order valence-corrected chi connectivity index (χ0v) is 10.2. The Kier molecular flexibility index (Phi) is 3.19. The lowest BCUT2D eigenvalue weighted by Gasteiger charge is -1.98. The molecule has 0 aromatic carbocycles. The zero-order valence-electron chi connectivity index (χ0n) is 7.87. The lowest BCUT2D eigenvalue weighted by Crippen LogP contribution is -1.97. The van der Waals surface area contributed by atoms with Gasteiger partial charge in [-0.3, -0.25) is 0 Å². The molecule has 0 aliphatic heterocycles.